The number of hydrogen-bond donors (Lipinski definition) is 1. The fourth-order valence-corrected chi connectivity index (χ4v) is 3.93. The lowest BCUT2D eigenvalue weighted by Gasteiger charge is -2.15. The normalized spacial score (nSPS) is 13.5. The summed E-state index contributed by atoms with van der Waals surface area (Å²) < 4.78 is 19.1. The Morgan fingerprint density at radius 1 is 0.914 bits per heavy atom. The van der Waals surface area contributed by atoms with E-state index < -0.39 is 23.6 Å². The molecule has 0 unspecified atom stereocenters. The van der Waals surface area contributed by atoms with Gasteiger partial charge in [-0.25, -0.2) is 14.1 Å². The smallest absolute Gasteiger partial charge is 0.343 e. The number of rotatable bonds is 5. The lowest BCUT2D eigenvalue weighted by molar-refractivity contribution is -0.120. The van der Waals surface area contributed by atoms with Crippen molar-refractivity contribution in [1.29, 1.82) is 0 Å². The van der Waals surface area contributed by atoms with E-state index in [0.717, 1.165) is 33.7 Å². The molecule has 1 N–H and O–H groups in total. The van der Waals surface area contributed by atoms with Crippen molar-refractivity contribution in [3.8, 4) is 5.75 Å². The maximum absolute atomic E-state index is 13.5. The van der Waals surface area contributed by atoms with Crippen LogP contribution in [0.1, 0.15) is 27.0 Å². The molecule has 0 radical (unpaired) electrons. The van der Waals surface area contributed by atoms with Gasteiger partial charge in [0.1, 0.15) is 22.3 Å². The van der Waals surface area contributed by atoms with Crippen LogP contribution < -0.4 is 15.0 Å². The minimum Gasteiger partial charge on any atom is -0.422 e. The number of halogens is 3. The van der Waals surface area contributed by atoms with Crippen LogP contribution in [0.25, 0.3) is 0 Å². The molecular formula is C26H19Cl2FN2O4. The van der Waals surface area contributed by atoms with Crippen LogP contribution in [-0.4, -0.2) is 17.8 Å². The molecule has 0 aliphatic carbocycles. The number of ether oxygens (including phenoxy) is 1. The molecule has 9 heteroatoms. The van der Waals surface area contributed by atoms with Crippen LogP contribution in [0.5, 0.6) is 5.75 Å². The van der Waals surface area contributed by atoms with Crippen molar-refractivity contribution in [2.24, 2.45) is 0 Å². The monoisotopic (exact) mass is 512 g/mol. The highest BCUT2D eigenvalue weighted by molar-refractivity contribution is 6.53. The van der Waals surface area contributed by atoms with Gasteiger partial charge >= 0.3 is 5.97 Å². The molecule has 178 valence electrons. The van der Waals surface area contributed by atoms with E-state index in [1.807, 2.05) is 32.9 Å². The molecule has 1 aliphatic rings. The van der Waals surface area contributed by atoms with Crippen LogP contribution in [0.15, 0.2) is 65.3 Å². The number of nitrogens with zero attached hydrogens (tertiary/aromatic N) is 1. The number of nitrogens with one attached hydrogen (secondary N) is 1. The highest BCUT2D eigenvalue weighted by Crippen LogP contribution is 2.32. The Kier molecular flexibility index (Phi) is 6.65. The van der Waals surface area contributed by atoms with E-state index in [2.05, 4.69) is 5.32 Å². The van der Waals surface area contributed by atoms with E-state index in [9.17, 15) is 18.8 Å². The van der Waals surface area contributed by atoms with Gasteiger partial charge in [-0.1, -0.05) is 35.3 Å². The first-order chi connectivity index (χ1) is 16.6. The summed E-state index contributed by atoms with van der Waals surface area (Å²) in [4.78, 5) is 38.9. The molecule has 0 saturated carbocycles. The second kappa shape index (κ2) is 9.52. The molecule has 0 saturated heterocycles. The topological polar surface area (TPSA) is 75.7 Å². The summed E-state index contributed by atoms with van der Waals surface area (Å²) in [6.07, 6.45) is 0. The van der Waals surface area contributed by atoms with Crippen molar-refractivity contribution < 1.29 is 23.5 Å². The van der Waals surface area contributed by atoms with E-state index in [-0.39, 0.29) is 21.4 Å². The van der Waals surface area contributed by atoms with Crippen LogP contribution in [-0.2, 0) is 9.59 Å². The van der Waals surface area contributed by atoms with Gasteiger partial charge in [-0.3, -0.25) is 9.59 Å². The van der Waals surface area contributed by atoms with Gasteiger partial charge in [0.2, 0.25) is 0 Å². The fraction of sp³-hybridized carbons (Fsp3) is 0.115. The Labute approximate surface area is 210 Å². The van der Waals surface area contributed by atoms with E-state index >= 15 is 0 Å². The number of benzene rings is 3. The van der Waals surface area contributed by atoms with Gasteiger partial charge in [0.25, 0.3) is 11.8 Å². The molecule has 0 atom stereocenters. The molecular weight excluding hydrogens is 494 g/mol. The molecule has 3 aromatic rings. The van der Waals surface area contributed by atoms with E-state index in [4.69, 9.17) is 27.9 Å². The molecule has 0 spiro atoms. The number of carbonyl (C=O) groups is 3. The van der Waals surface area contributed by atoms with Gasteiger partial charge in [-0.15, -0.1) is 0 Å². The van der Waals surface area contributed by atoms with Gasteiger partial charge < -0.3 is 10.1 Å². The zero-order valence-electron chi connectivity index (χ0n) is 18.9. The molecule has 6 nitrogen and oxygen atoms in total. The first-order valence-electron chi connectivity index (χ1n) is 10.5. The average molecular weight is 513 g/mol. The standard InChI is InChI=1S/C26H19Cl2FN2O4/c1-13-4-5-14(2)23(15(13)3)35-26(34)16-6-8-17(9-7-16)30-22-21(28)24(32)31(25(22)33)18-10-11-20(29)19(27)12-18/h4-12,30H,1-3H3. The van der Waals surface area contributed by atoms with Crippen LogP contribution >= 0.6 is 23.2 Å². The summed E-state index contributed by atoms with van der Waals surface area (Å²) in [6.45, 7) is 5.69. The number of anilines is 2. The maximum Gasteiger partial charge on any atom is 0.343 e. The fourth-order valence-electron chi connectivity index (χ4n) is 3.54. The number of aryl methyl sites for hydroxylation is 2. The third-order valence-electron chi connectivity index (χ3n) is 5.65. The van der Waals surface area contributed by atoms with E-state index in [0.29, 0.717) is 17.0 Å². The lowest BCUT2D eigenvalue weighted by atomic mass is 10.1. The summed E-state index contributed by atoms with van der Waals surface area (Å²) >= 11 is 11.9. The van der Waals surface area contributed by atoms with Gasteiger partial charge in [0.05, 0.1) is 16.3 Å². The Bertz CT molecular complexity index is 1420. The van der Waals surface area contributed by atoms with Crippen LogP contribution in [0.2, 0.25) is 5.02 Å². The van der Waals surface area contributed by atoms with Crippen LogP contribution in [0.4, 0.5) is 15.8 Å². The quantitative estimate of drug-likeness (QED) is 0.255. The molecule has 4 rings (SSSR count). The Morgan fingerprint density at radius 2 is 1.57 bits per heavy atom. The van der Waals surface area contributed by atoms with Crippen molar-refractivity contribution in [1.82, 2.24) is 0 Å². The molecule has 35 heavy (non-hydrogen) atoms. The molecule has 0 bridgehead atoms. The lowest BCUT2D eigenvalue weighted by Crippen LogP contribution is -2.32. The highest BCUT2D eigenvalue weighted by Gasteiger charge is 2.39. The first kappa shape index (κ1) is 24.4. The number of esters is 1. The van der Waals surface area contributed by atoms with Crippen molar-refractivity contribution >= 4 is 52.4 Å². The second-order valence-electron chi connectivity index (χ2n) is 7.98. The summed E-state index contributed by atoms with van der Waals surface area (Å²) in [5, 5.41) is 2.25. The van der Waals surface area contributed by atoms with Crippen molar-refractivity contribution in [3.05, 3.63) is 98.4 Å². The first-order valence-corrected chi connectivity index (χ1v) is 11.2. The van der Waals surface area contributed by atoms with Gasteiger partial charge in [-0.05, 0) is 79.9 Å². The minimum absolute atomic E-state index is 0.0844. The Morgan fingerprint density at radius 3 is 2.23 bits per heavy atom. The summed E-state index contributed by atoms with van der Waals surface area (Å²) in [7, 11) is 0. The van der Waals surface area contributed by atoms with Crippen LogP contribution in [0.3, 0.4) is 0 Å². The van der Waals surface area contributed by atoms with Gasteiger partial charge in [0.15, 0.2) is 0 Å². The molecule has 0 aromatic heterocycles. The average Bonchev–Trinajstić information content (AvgIpc) is 3.04. The third kappa shape index (κ3) is 4.65. The zero-order chi connectivity index (χ0) is 25.4. The Hall–Kier alpha value is -3.68. The molecule has 1 aliphatic heterocycles. The van der Waals surface area contributed by atoms with E-state index in [1.165, 1.54) is 18.2 Å². The zero-order valence-corrected chi connectivity index (χ0v) is 20.4. The predicted molar refractivity (Wildman–Crippen MR) is 132 cm³/mol. The molecule has 2 amide bonds. The third-order valence-corrected chi connectivity index (χ3v) is 6.29. The van der Waals surface area contributed by atoms with Crippen molar-refractivity contribution in [2.75, 3.05) is 10.2 Å². The number of carbonyl (C=O) groups excluding carboxylic acids is 3. The number of amides is 2. The predicted octanol–water partition coefficient (Wildman–Crippen LogP) is 6.06. The summed E-state index contributed by atoms with van der Waals surface area (Å²) in [6, 6.07) is 13.5. The highest BCUT2D eigenvalue weighted by atomic mass is 35.5. The maximum atomic E-state index is 13.5. The Balaban J connectivity index is 1.51. The molecule has 3 aromatic carbocycles. The van der Waals surface area contributed by atoms with Crippen molar-refractivity contribution in [3.63, 3.8) is 0 Å². The largest absolute Gasteiger partial charge is 0.422 e. The second-order valence-corrected chi connectivity index (χ2v) is 8.76. The summed E-state index contributed by atoms with van der Waals surface area (Å²) in [5.41, 5.74) is 3.38. The minimum atomic E-state index is -0.772. The van der Waals surface area contributed by atoms with E-state index in [1.54, 1.807) is 12.1 Å². The van der Waals surface area contributed by atoms with Gasteiger partial charge in [0, 0.05) is 5.69 Å². The number of imide groups is 1. The molecule has 1 heterocycles. The van der Waals surface area contributed by atoms with Crippen molar-refractivity contribution in [2.45, 2.75) is 20.8 Å². The SMILES string of the molecule is Cc1ccc(C)c(OC(=O)c2ccc(NC3=C(Cl)C(=O)N(c4ccc(F)c(Cl)c4)C3=O)cc2)c1C. The molecule has 0 fully saturated rings. The number of hydrogen-bond acceptors (Lipinski definition) is 5. The summed E-state index contributed by atoms with van der Waals surface area (Å²) in [5.74, 6) is -2.19. The van der Waals surface area contributed by atoms with Gasteiger partial charge in [-0.2, -0.15) is 0 Å². The van der Waals surface area contributed by atoms with Crippen LogP contribution in [0, 0.1) is 26.6 Å².